The van der Waals surface area contributed by atoms with Gasteiger partial charge in [-0.1, -0.05) is 0 Å². The normalized spacial score (nSPS) is 11.4. The molecule has 1 heterocycles. The first-order valence-electron chi connectivity index (χ1n) is 7.85. The number of alkyl halides is 2. The highest BCUT2D eigenvalue weighted by molar-refractivity contribution is 7.13. The highest BCUT2D eigenvalue weighted by Crippen LogP contribution is 2.18. The van der Waals surface area contributed by atoms with Crippen molar-refractivity contribution in [2.75, 3.05) is 19.1 Å². The summed E-state index contributed by atoms with van der Waals surface area (Å²) >= 11 is 1.00. The van der Waals surface area contributed by atoms with Crippen LogP contribution in [0.25, 0.3) is 0 Å². The van der Waals surface area contributed by atoms with Crippen molar-refractivity contribution in [3.05, 3.63) is 40.9 Å². The van der Waals surface area contributed by atoms with E-state index >= 15 is 0 Å². The average molecular weight is 397 g/mol. The van der Waals surface area contributed by atoms with Crippen molar-refractivity contribution in [2.24, 2.45) is 5.10 Å². The number of nitrogens with one attached hydrogen (secondary N) is 1. The number of hydrogen-bond donors (Lipinski definition) is 1. The molecule has 0 aliphatic rings. The second-order valence-corrected chi connectivity index (χ2v) is 5.96. The molecule has 0 fully saturated rings. The molecule has 27 heavy (non-hydrogen) atoms. The van der Waals surface area contributed by atoms with Gasteiger partial charge < -0.3 is 9.47 Å². The minimum Gasteiger partial charge on any atom is -0.497 e. The van der Waals surface area contributed by atoms with Crippen LogP contribution in [0.4, 0.5) is 13.9 Å². The van der Waals surface area contributed by atoms with Crippen LogP contribution in [0.5, 0.6) is 5.75 Å². The molecule has 2 aromatic rings. The van der Waals surface area contributed by atoms with Crippen LogP contribution in [0, 0.1) is 0 Å². The number of rotatable bonds is 9. The van der Waals surface area contributed by atoms with Crippen LogP contribution in [0.3, 0.4) is 0 Å². The molecule has 2 rings (SSSR count). The number of esters is 1. The third-order valence-electron chi connectivity index (χ3n) is 3.29. The van der Waals surface area contributed by atoms with Gasteiger partial charge in [0.05, 0.1) is 20.1 Å². The molecular weight excluding hydrogens is 380 g/mol. The smallest absolute Gasteiger partial charge is 0.357 e. The molecule has 7 nitrogen and oxygen atoms in total. The Balaban J connectivity index is 2.05. The summed E-state index contributed by atoms with van der Waals surface area (Å²) in [5.74, 6) is -0.573. The van der Waals surface area contributed by atoms with Crippen molar-refractivity contribution >= 4 is 33.9 Å². The van der Waals surface area contributed by atoms with Crippen LogP contribution in [0.2, 0.25) is 0 Å². The zero-order valence-electron chi connectivity index (χ0n) is 14.6. The van der Waals surface area contributed by atoms with Gasteiger partial charge in [0.1, 0.15) is 11.5 Å². The van der Waals surface area contributed by atoms with Crippen LogP contribution in [-0.4, -0.2) is 42.6 Å². The van der Waals surface area contributed by atoms with E-state index < -0.39 is 30.3 Å². The van der Waals surface area contributed by atoms with Gasteiger partial charge in [0.25, 0.3) is 6.43 Å². The predicted octanol–water partition coefficient (Wildman–Crippen LogP) is 3.63. The topological polar surface area (TPSA) is 89.9 Å². The minimum absolute atomic E-state index is 0.0486. The van der Waals surface area contributed by atoms with Crippen molar-refractivity contribution in [1.82, 2.24) is 4.98 Å². The monoisotopic (exact) mass is 397 g/mol. The van der Waals surface area contributed by atoms with E-state index in [1.165, 1.54) is 24.6 Å². The molecule has 0 bridgehead atoms. The zero-order valence-corrected chi connectivity index (χ0v) is 15.4. The Kier molecular flexibility index (Phi) is 7.35. The second kappa shape index (κ2) is 9.72. The number of methoxy groups -OCH3 is 1. The van der Waals surface area contributed by atoms with E-state index in [9.17, 15) is 18.4 Å². The number of thiazole rings is 1. The van der Waals surface area contributed by atoms with Crippen LogP contribution >= 0.6 is 11.3 Å². The summed E-state index contributed by atoms with van der Waals surface area (Å²) in [6.45, 7) is 1.85. The van der Waals surface area contributed by atoms with Crippen molar-refractivity contribution in [3.63, 3.8) is 0 Å². The molecule has 0 aliphatic heterocycles. The number of carbonyl (C=O) groups excluding carboxylic acids is 2. The van der Waals surface area contributed by atoms with Crippen molar-refractivity contribution in [2.45, 2.75) is 19.8 Å². The number of carbonyl (C=O) groups is 2. The molecule has 10 heteroatoms. The van der Waals surface area contributed by atoms with Crippen LogP contribution in [0.15, 0.2) is 34.7 Å². The predicted molar refractivity (Wildman–Crippen MR) is 97.1 cm³/mol. The summed E-state index contributed by atoms with van der Waals surface area (Å²) < 4.78 is 36.2. The molecule has 1 aromatic heterocycles. The molecule has 0 amide bonds. The lowest BCUT2D eigenvalue weighted by molar-refractivity contribution is 0.0520. The quantitative estimate of drug-likeness (QED) is 0.301. The SMILES string of the molecule is CCOC(=O)c1csc(N/N=C(/CC(=O)c2ccc(OC)cc2)C(F)F)n1. The van der Waals surface area contributed by atoms with E-state index in [4.69, 9.17) is 9.47 Å². The lowest BCUT2D eigenvalue weighted by Gasteiger charge is -2.06. The summed E-state index contributed by atoms with van der Waals surface area (Å²) in [5.41, 5.74) is 2.03. The van der Waals surface area contributed by atoms with Crippen molar-refractivity contribution < 1.29 is 27.8 Å². The van der Waals surface area contributed by atoms with E-state index in [-0.39, 0.29) is 23.0 Å². The maximum absolute atomic E-state index is 13.2. The van der Waals surface area contributed by atoms with E-state index in [1.807, 2.05) is 0 Å². The van der Waals surface area contributed by atoms with E-state index in [1.54, 1.807) is 19.1 Å². The molecule has 0 saturated carbocycles. The van der Waals surface area contributed by atoms with Gasteiger partial charge in [-0.15, -0.1) is 11.3 Å². The first-order chi connectivity index (χ1) is 12.9. The van der Waals surface area contributed by atoms with E-state index in [0.717, 1.165) is 11.3 Å². The summed E-state index contributed by atoms with van der Waals surface area (Å²) in [7, 11) is 1.48. The highest BCUT2D eigenvalue weighted by Gasteiger charge is 2.19. The number of benzene rings is 1. The molecule has 144 valence electrons. The number of halogens is 2. The van der Waals surface area contributed by atoms with Crippen molar-refractivity contribution in [1.29, 1.82) is 0 Å². The number of nitrogens with zero attached hydrogens (tertiary/aromatic N) is 2. The molecule has 0 saturated heterocycles. The first kappa shape index (κ1) is 20.4. The Hall–Kier alpha value is -2.88. The Labute approximate surface area is 158 Å². The number of ether oxygens (including phenoxy) is 2. The lowest BCUT2D eigenvalue weighted by atomic mass is 10.1. The third kappa shape index (κ3) is 5.81. The maximum Gasteiger partial charge on any atom is 0.357 e. The first-order valence-corrected chi connectivity index (χ1v) is 8.73. The molecular formula is C17H17F2N3O4S. The highest BCUT2D eigenvalue weighted by atomic mass is 32.1. The van der Waals surface area contributed by atoms with Gasteiger partial charge in [-0.05, 0) is 31.2 Å². The van der Waals surface area contributed by atoms with Gasteiger partial charge in [0.15, 0.2) is 11.5 Å². The third-order valence-corrected chi connectivity index (χ3v) is 4.04. The van der Waals surface area contributed by atoms with Gasteiger partial charge >= 0.3 is 5.97 Å². The molecule has 0 unspecified atom stereocenters. The fourth-order valence-electron chi connectivity index (χ4n) is 1.95. The maximum atomic E-state index is 13.2. The van der Waals surface area contributed by atoms with Gasteiger partial charge in [-0.25, -0.2) is 18.6 Å². The number of anilines is 1. The van der Waals surface area contributed by atoms with Gasteiger partial charge in [-0.2, -0.15) is 5.10 Å². The second-order valence-electron chi connectivity index (χ2n) is 5.10. The fourth-order valence-corrected chi connectivity index (χ4v) is 2.57. The summed E-state index contributed by atoms with van der Waals surface area (Å²) in [4.78, 5) is 27.6. The Morgan fingerprint density at radius 1 is 1.30 bits per heavy atom. The molecule has 1 N–H and O–H groups in total. The lowest BCUT2D eigenvalue weighted by Crippen LogP contribution is -2.17. The molecule has 0 atom stereocenters. The summed E-state index contributed by atoms with van der Waals surface area (Å²) in [6.07, 6.45) is -3.49. The van der Waals surface area contributed by atoms with Crippen molar-refractivity contribution in [3.8, 4) is 5.75 Å². The number of ketones is 1. The molecule has 0 aliphatic carbocycles. The standard InChI is InChI=1S/C17H17F2N3O4S/c1-3-26-16(24)13-9-27-17(20-13)22-21-12(15(18)19)8-14(23)10-4-6-11(25-2)7-5-10/h4-7,9,15H,3,8H2,1-2H3,(H,20,22)/b21-12-. The number of hydrogen-bond acceptors (Lipinski definition) is 8. The van der Waals surface area contributed by atoms with Gasteiger partial charge in [-0.3, -0.25) is 10.2 Å². The van der Waals surface area contributed by atoms with Gasteiger partial charge in [0, 0.05) is 10.9 Å². The fraction of sp³-hybridized carbons (Fsp3) is 0.294. The number of aromatic nitrogens is 1. The van der Waals surface area contributed by atoms with Gasteiger partial charge in [0.2, 0.25) is 5.13 Å². The molecule has 1 aromatic carbocycles. The number of hydrazone groups is 1. The summed E-state index contributed by atoms with van der Waals surface area (Å²) in [5, 5.41) is 5.13. The Bertz CT molecular complexity index is 822. The van der Waals surface area contributed by atoms with Crippen LogP contribution in [0.1, 0.15) is 34.2 Å². The largest absolute Gasteiger partial charge is 0.497 e. The zero-order chi connectivity index (χ0) is 19.8. The minimum atomic E-state index is -2.93. The van der Waals surface area contributed by atoms with Crippen LogP contribution < -0.4 is 10.2 Å². The molecule has 0 radical (unpaired) electrons. The number of Topliss-reactive ketones (excluding diaryl/α,β-unsaturated/α-hetero) is 1. The Morgan fingerprint density at radius 3 is 2.59 bits per heavy atom. The van der Waals surface area contributed by atoms with E-state index in [0.29, 0.717) is 5.75 Å². The van der Waals surface area contributed by atoms with E-state index in [2.05, 4.69) is 15.5 Å². The van der Waals surface area contributed by atoms with Crippen LogP contribution in [-0.2, 0) is 4.74 Å². The Morgan fingerprint density at radius 2 is 2.00 bits per heavy atom. The molecule has 0 spiro atoms. The average Bonchev–Trinajstić information content (AvgIpc) is 3.14. The summed E-state index contributed by atoms with van der Waals surface area (Å²) in [6, 6.07) is 6.11.